The third kappa shape index (κ3) is 3.89. The van der Waals surface area contributed by atoms with Gasteiger partial charge in [0.15, 0.2) is 5.76 Å². The Morgan fingerprint density at radius 3 is 2.64 bits per heavy atom. The second-order valence-corrected chi connectivity index (χ2v) is 9.10. The molecule has 2 aliphatic rings. The Hall–Kier alpha value is -3.25. The van der Waals surface area contributed by atoms with Crippen LogP contribution in [0, 0.1) is 6.92 Å². The van der Waals surface area contributed by atoms with E-state index < -0.39 is 0 Å². The van der Waals surface area contributed by atoms with E-state index in [0.29, 0.717) is 23.4 Å². The van der Waals surface area contributed by atoms with Crippen LogP contribution in [0.3, 0.4) is 0 Å². The number of carbonyl (C=O) groups excluding carboxylic acids is 1. The van der Waals surface area contributed by atoms with E-state index in [1.807, 2.05) is 42.9 Å². The number of rotatable bonds is 4. The fourth-order valence-corrected chi connectivity index (χ4v) is 5.04. The number of Topliss-reactive ketones (excluding diaryl/α,β-unsaturated/α-hetero) is 1. The molecule has 0 aliphatic carbocycles. The minimum Gasteiger partial charge on any atom is -0.507 e. The average molecular weight is 447 g/mol. The Bertz CT molecular complexity index is 1260. The van der Waals surface area contributed by atoms with Crippen LogP contribution >= 0.6 is 0 Å². The Morgan fingerprint density at radius 2 is 1.91 bits per heavy atom. The first-order chi connectivity index (χ1) is 16.0. The Labute approximate surface area is 194 Å². The fourth-order valence-electron chi connectivity index (χ4n) is 5.04. The van der Waals surface area contributed by atoms with Gasteiger partial charge in [0.25, 0.3) is 0 Å². The van der Waals surface area contributed by atoms with E-state index in [1.165, 1.54) is 12.8 Å². The molecule has 172 valence electrons. The molecule has 3 aromatic rings. The summed E-state index contributed by atoms with van der Waals surface area (Å²) in [6.45, 7) is 4.43. The maximum Gasteiger partial charge on any atom is 0.232 e. The lowest BCUT2D eigenvalue weighted by atomic mass is 9.99. The van der Waals surface area contributed by atoms with Crippen LogP contribution in [0.4, 0.5) is 0 Å². The number of aromatic nitrogens is 1. The number of benzene rings is 2. The second-order valence-electron chi connectivity index (χ2n) is 9.10. The second kappa shape index (κ2) is 8.60. The van der Waals surface area contributed by atoms with E-state index >= 15 is 0 Å². The van der Waals surface area contributed by atoms with Crippen LogP contribution in [-0.2, 0) is 13.6 Å². The third-order valence-corrected chi connectivity index (χ3v) is 6.82. The van der Waals surface area contributed by atoms with Crippen LogP contribution in [0.1, 0.15) is 52.7 Å². The maximum atomic E-state index is 13.4. The molecule has 1 fully saturated rings. The molecule has 2 aliphatic heterocycles. The largest absolute Gasteiger partial charge is 0.507 e. The van der Waals surface area contributed by atoms with Gasteiger partial charge in [0, 0.05) is 36.3 Å². The number of phenolic OH excluding ortho intramolecular Hbond substituents is 1. The van der Waals surface area contributed by atoms with Crippen LogP contribution in [0.15, 0.2) is 36.2 Å². The monoisotopic (exact) mass is 446 g/mol. The summed E-state index contributed by atoms with van der Waals surface area (Å²) in [6, 6.07) is 7.59. The quantitative estimate of drug-likeness (QED) is 0.559. The number of allylic oxidation sites excluding steroid dienone is 1. The van der Waals surface area contributed by atoms with Crippen molar-refractivity contribution in [3.8, 4) is 17.2 Å². The normalized spacial score (nSPS) is 17.9. The van der Waals surface area contributed by atoms with E-state index in [-0.39, 0.29) is 17.3 Å². The first kappa shape index (κ1) is 21.6. The Kier molecular flexibility index (Phi) is 5.62. The zero-order valence-corrected chi connectivity index (χ0v) is 19.5. The van der Waals surface area contributed by atoms with Crippen LogP contribution in [-0.4, -0.2) is 40.6 Å². The summed E-state index contributed by atoms with van der Waals surface area (Å²) in [5.74, 6) is 1.60. The van der Waals surface area contributed by atoms with Gasteiger partial charge >= 0.3 is 0 Å². The highest BCUT2D eigenvalue weighted by Gasteiger charge is 2.34. The number of nitrogens with zero attached hydrogens (tertiary/aromatic N) is 2. The van der Waals surface area contributed by atoms with Crippen molar-refractivity contribution in [2.75, 3.05) is 20.2 Å². The van der Waals surface area contributed by atoms with E-state index in [9.17, 15) is 9.90 Å². The van der Waals surface area contributed by atoms with Gasteiger partial charge in [0.05, 0.1) is 18.2 Å². The number of hydrogen-bond acceptors (Lipinski definition) is 5. The standard InChI is InChI=1S/C27H30N2O4/c1-17-12-23(30)21(16-29-10-6-4-5-7-11-29)27-25(17)26(31)24(33-27)13-18-15-28(2)22-9-8-19(32-3)14-20(18)22/h8-9,12-15,30H,4-7,10-11,16H2,1-3H3/b24-13-. The van der Waals surface area contributed by atoms with Gasteiger partial charge in [-0.2, -0.15) is 0 Å². The predicted octanol–water partition coefficient (Wildman–Crippen LogP) is 5.19. The van der Waals surface area contributed by atoms with Crippen LogP contribution in [0.2, 0.25) is 0 Å². The maximum absolute atomic E-state index is 13.4. The lowest BCUT2D eigenvalue weighted by Gasteiger charge is -2.21. The lowest BCUT2D eigenvalue weighted by Crippen LogP contribution is -2.24. The summed E-state index contributed by atoms with van der Waals surface area (Å²) in [5, 5.41) is 11.8. The van der Waals surface area contributed by atoms with Gasteiger partial charge < -0.3 is 19.1 Å². The van der Waals surface area contributed by atoms with E-state index in [1.54, 1.807) is 19.3 Å². The predicted molar refractivity (Wildman–Crippen MR) is 129 cm³/mol. The van der Waals surface area contributed by atoms with Crippen molar-refractivity contribution < 1.29 is 19.4 Å². The van der Waals surface area contributed by atoms with Gasteiger partial charge in [-0.25, -0.2) is 0 Å². The molecule has 0 saturated carbocycles. The zero-order chi connectivity index (χ0) is 23.1. The minimum absolute atomic E-state index is 0.139. The van der Waals surface area contributed by atoms with Crippen LogP contribution in [0.25, 0.3) is 17.0 Å². The topological polar surface area (TPSA) is 63.9 Å². The molecule has 1 N–H and O–H groups in total. The number of carbonyl (C=O) groups is 1. The highest BCUT2D eigenvalue weighted by atomic mass is 16.5. The van der Waals surface area contributed by atoms with Gasteiger partial charge in [0.1, 0.15) is 17.2 Å². The van der Waals surface area contributed by atoms with E-state index in [4.69, 9.17) is 9.47 Å². The van der Waals surface area contributed by atoms with E-state index in [0.717, 1.165) is 53.7 Å². The van der Waals surface area contributed by atoms with Gasteiger partial charge in [-0.15, -0.1) is 0 Å². The van der Waals surface area contributed by atoms with Crippen molar-refractivity contribution in [3.05, 3.63) is 58.5 Å². The molecule has 0 radical (unpaired) electrons. The highest BCUT2D eigenvalue weighted by molar-refractivity contribution is 6.16. The SMILES string of the molecule is COc1ccc2c(c1)c(/C=C1\Oc3c(CN4CCCCCC4)c(O)cc(C)c3C1=O)cn2C. The van der Waals surface area contributed by atoms with Crippen molar-refractivity contribution in [1.29, 1.82) is 0 Å². The summed E-state index contributed by atoms with van der Waals surface area (Å²) >= 11 is 0. The molecular formula is C27H30N2O4. The number of aryl methyl sites for hydroxylation is 2. The number of ether oxygens (including phenoxy) is 2. The number of aromatic hydroxyl groups is 1. The van der Waals surface area contributed by atoms with Crippen molar-refractivity contribution >= 4 is 22.8 Å². The molecule has 0 atom stereocenters. The Morgan fingerprint density at radius 1 is 1.15 bits per heavy atom. The molecule has 33 heavy (non-hydrogen) atoms. The molecule has 6 nitrogen and oxygen atoms in total. The van der Waals surface area contributed by atoms with Crippen LogP contribution in [0.5, 0.6) is 17.2 Å². The highest BCUT2D eigenvalue weighted by Crippen LogP contribution is 2.43. The Balaban J connectivity index is 1.54. The van der Waals surface area contributed by atoms with Gasteiger partial charge in [0.2, 0.25) is 5.78 Å². The number of likely N-dealkylation sites (tertiary alicyclic amines) is 1. The molecule has 6 heteroatoms. The summed E-state index contributed by atoms with van der Waals surface area (Å²) in [5.41, 5.74) is 3.92. The molecule has 0 unspecified atom stereocenters. The van der Waals surface area contributed by atoms with E-state index in [2.05, 4.69) is 4.90 Å². The van der Waals surface area contributed by atoms with Crippen molar-refractivity contribution in [3.63, 3.8) is 0 Å². The first-order valence-corrected chi connectivity index (χ1v) is 11.6. The van der Waals surface area contributed by atoms with Gasteiger partial charge in [-0.1, -0.05) is 12.8 Å². The molecule has 0 spiro atoms. The van der Waals surface area contributed by atoms with Gasteiger partial charge in [-0.05, 0) is 68.8 Å². The number of hydrogen-bond donors (Lipinski definition) is 1. The number of phenols is 1. The number of methoxy groups -OCH3 is 1. The fraction of sp³-hybridized carbons (Fsp3) is 0.370. The van der Waals surface area contributed by atoms with Crippen molar-refractivity contribution in [2.45, 2.75) is 39.2 Å². The van der Waals surface area contributed by atoms with Gasteiger partial charge in [-0.3, -0.25) is 9.69 Å². The average Bonchev–Trinajstić information content (AvgIpc) is 3.14. The molecule has 3 heterocycles. The summed E-state index contributed by atoms with van der Waals surface area (Å²) in [7, 11) is 3.62. The molecule has 2 aromatic carbocycles. The molecule has 5 rings (SSSR count). The smallest absolute Gasteiger partial charge is 0.232 e. The number of ketones is 1. The molecule has 0 bridgehead atoms. The molecule has 1 aromatic heterocycles. The zero-order valence-electron chi connectivity index (χ0n) is 19.5. The minimum atomic E-state index is -0.139. The summed E-state index contributed by atoms with van der Waals surface area (Å²) < 4.78 is 13.6. The third-order valence-electron chi connectivity index (χ3n) is 6.82. The van der Waals surface area contributed by atoms with Crippen molar-refractivity contribution in [1.82, 2.24) is 9.47 Å². The lowest BCUT2D eigenvalue weighted by molar-refractivity contribution is 0.101. The summed E-state index contributed by atoms with van der Waals surface area (Å²) in [6.07, 6.45) is 8.59. The van der Waals surface area contributed by atoms with Crippen LogP contribution < -0.4 is 9.47 Å². The molecular weight excluding hydrogens is 416 g/mol. The molecule has 0 amide bonds. The molecule has 1 saturated heterocycles. The number of fused-ring (bicyclic) bond motifs is 2. The summed E-state index contributed by atoms with van der Waals surface area (Å²) in [4.78, 5) is 15.7. The van der Waals surface area contributed by atoms with Crippen molar-refractivity contribution in [2.24, 2.45) is 7.05 Å². The first-order valence-electron chi connectivity index (χ1n) is 11.6.